The molecule has 0 aliphatic carbocycles. The number of aromatic nitrogens is 4. The fourth-order valence-corrected chi connectivity index (χ4v) is 2.95. The molecule has 0 aliphatic rings. The number of alkyl halides is 3. The molecule has 3 rings (SSSR count). The first-order chi connectivity index (χ1) is 15.1. The van der Waals surface area contributed by atoms with E-state index in [2.05, 4.69) is 30.6 Å². The Morgan fingerprint density at radius 1 is 1.09 bits per heavy atom. The van der Waals surface area contributed by atoms with Gasteiger partial charge in [-0.15, -0.1) is 0 Å². The van der Waals surface area contributed by atoms with Crippen LogP contribution in [0.15, 0.2) is 30.5 Å². The lowest BCUT2D eigenvalue weighted by molar-refractivity contribution is -0.141. The van der Waals surface area contributed by atoms with Crippen LogP contribution in [0.3, 0.4) is 0 Å². The van der Waals surface area contributed by atoms with Crippen molar-refractivity contribution in [3.8, 4) is 11.3 Å². The number of carbonyl (C=O) groups is 1. The SMILES string of the molecule is Cc1cccc(-c2cc(NCCNc3ncc(C(N)=O)c(C(F)(F)F)n3)nc(N)n2)c1C. The van der Waals surface area contributed by atoms with Gasteiger partial charge in [0.25, 0.3) is 5.91 Å². The molecule has 1 aromatic carbocycles. The van der Waals surface area contributed by atoms with Gasteiger partial charge in [0, 0.05) is 30.9 Å². The Morgan fingerprint density at radius 2 is 1.81 bits per heavy atom. The Hall–Kier alpha value is -3.96. The summed E-state index contributed by atoms with van der Waals surface area (Å²) < 4.78 is 39.3. The van der Waals surface area contributed by atoms with Gasteiger partial charge in [-0.2, -0.15) is 18.2 Å². The molecule has 0 unspecified atom stereocenters. The van der Waals surface area contributed by atoms with Gasteiger partial charge in [0.1, 0.15) is 5.82 Å². The molecule has 1 amide bonds. The topological polar surface area (TPSA) is 145 Å². The molecule has 32 heavy (non-hydrogen) atoms. The number of halogens is 3. The second-order valence-corrected chi connectivity index (χ2v) is 6.92. The van der Waals surface area contributed by atoms with Crippen molar-refractivity contribution in [1.82, 2.24) is 19.9 Å². The summed E-state index contributed by atoms with van der Waals surface area (Å²) in [6, 6.07) is 7.58. The number of primary amides is 1. The van der Waals surface area contributed by atoms with E-state index in [1.807, 2.05) is 32.0 Å². The van der Waals surface area contributed by atoms with Crippen LogP contribution in [0, 0.1) is 13.8 Å². The van der Waals surface area contributed by atoms with E-state index in [0.717, 1.165) is 22.9 Å². The lowest BCUT2D eigenvalue weighted by atomic mass is 10.0. The summed E-state index contributed by atoms with van der Waals surface area (Å²) in [6.45, 7) is 4.41. The number of nitrogen functional groups attached to an aromatic ring is 1. The van der Waals surface area contributed by atoms with Gasteiger partial charge in [-0.3, -0.25) is 4.79 Å². The third kappa shape index (κ3) is 5.20. The quantitative estimate of drug-likeness (QED) is 0.406. The van der Waals surface area contributed by atoms with Crippen molar-refractivity contribution in [2.24, 2.45) is 5.73 Å². The number of benzene rings is 1. The number of rotatable bonds is 7. The number of aryl methyl sites for hydroxylation is 1. The fraction of sp³-hybridized carbons (Fsp3) is 0.250. The van der Waals surface area contributed by atoms with E-state index in [1.54, 1.807) is 6.07 Å². The summed E-state index contributed by atoms with van der Waals surface area (Å²) in [4.78, 5) is 26.7. The molecule has 3 aromatic rings. The van der Waals surface area contributed by atoms with Gasteiger partial charge in [0.05, 0.1) is 11.3 Å². The molecule has 0 fully saturated rings. The first-order valence-corrected chi connectivity index (χ1v) is 9.49. The van der Waals surface area contributed by atoms with Gasteiger partial charge >= 0.3 is 6.18 Å². The highest BCUT2D eigenvalue weighted by Crippen LogP contribution is 2.30. The van der Waals surface area contributed by atoms with Crippen molar-refractivity contribution < 1.29 is 18.0 Å². The molecule has 0 saturated heterocycles. The molecule has 0 radical (unpaired) electrons. The summed E-state index contributed by atoms with van der Waals surface area (Å²) in [5.74, 6) is -1.01. The van der Waals surface area contributed by atoms with Crippen molar-refractivity contribution in [1.29, 1.82) is 0 Å². The summed E-state index contributed by atoms with van der Waals surface area (Å²) in [5, 5.41) is 5.69. The van der Waals surface area contributed by atoms with Crippen LogP contribution in [0.2, 0.25) is 0 Å². The summed E-state index contributed by atoms with van der Waals surface area (Å²) >= 11 is 0. The zero-order valence-corrected chi connectivity index (χ0v) is 17.3. The maximum Gasteiger partial charge on any atom is 0.434 e. The highest BCUT2D eigenvalue weighted by Gasteiger charge is 2.37. The van der Waals surface area contributed by atoms with Gasteiger partial charge in [0.2, 0.25) is 11.9 Å². The molecule has 0 spiro atoms. The lowest BCUT2D eigenvalue weighted by Crippen LogP contribution is -2.23. The zero-order chi connectivity index (χ0) is 23.5. The van der Waals surface area contributed by atoms with E-state index in [9.17, 15) is 18.0 Å². The van der Waals surface area contributed by atoms with E-state index in [0.29, 0.717) is 11.5 Å². The molecule has 0 saturated carbocycles. The Labute approximate surface area is 181 Å². The molecule has 0 aliphatic heterocycles. The molecule has 0 bridgehead atoms. The van der Waals surface area contributed by atoms with Gasteiger partial charge in [-0.1, -0.05) is 18.2 Å². The second-order valence-electron chi connectivity index (χ2n) is 6.92. The Balaban J connectivity index is 1.68. The van der Waals surface area contributed by atoms with Crippen molar-refractivity contribution >= 4 is 23.6 Å². The van der Waals surface area contributed by atoms with Crippen LogP contribution < -0.4 is 22.1 Å². The molecule has 6 N–H and O–H groups in total. The maximum atomic E-state index is 13.1. The minimum absolute atomic E-state index is 0.0825. The highest BCUT2D eigenvalue weighted by atomic mass is 19.4. The number of carbonyl (C=O) groups excluding carboxylic acids is 1. The first-order valence-electron chi connectivity index (χ1n) is 9.49. The molecule has 12 heteroatoms. The van der Waals surface area contributed by atoms with E-state index >= 15 is 0 Å². The predicted molar refractivity (Wildman–Crippen MR) is 114 cm³/mol. The second kappa shape index (κ2) is 9.04. The van der Waals surface area contributed by atoms with Gasteiger partial charge in [0.15, 0.2) is 5.69 Å². The van der Waals surface area contributed by atoms with Gasteiger partial charge < -0.3 is 22.1 Å². The molecular weight excluding hydrogens is 425 g/mol. The third-order valence-corrected chi connectivity index (χ3v) is 4.66. The standard InChI is InChI=1S/C20H21F3N8O/c1-10-4-3-5-12(11(10)2)14-8-15(30-18(25)29-14)26-6-7-27-19-28-9-13(17(24)32)16(31-19)20(21,22)23/h3-5,8-9H,6-7H2,1-2H3,(H2,24,32)(H,27,28,31)(H3,25,26,29,30). The van der Waals surface area contributed by atoms with Crippen LogP contribution in [0.25, 0.3) is 11.3 Å². The molecule has 2 aromatic heterocycles. The van der Waals surface area contributed by atoms with Gasteiger partial charge in [-0.25, -0.2) is 15.0 Å². The monoisotopic (exact) mass is 446 g/mol. The van der Waals surface area contributed by atoms with Crippen molar-refractivity contribution in [3.05, 3.63) is 52.8 Å². The highest BCUT2D eigenvalue weighted by molar-refractivity contribution is 5.93. The molecule has 9 nitrogen and oxygen atoms in total. The Morgan fingerprint density at radius 3 is 2.50 bits per heavy atom. The van der Waals surface area contributed by atoms with Crippen LogP contribution in [0.4, 0.5) is 30.9 Å². The molecule has 2 heterocycles. The lowest BCUT2D eigenvalue weighted by Gasteiger charge is -2.13. The van der Waals surface area contributed by atoms with E-state index in [-0.39, 0.29) is 25.0 Å². The van der Waals surface area contributed by atoms with Crippen LogP contribution in [-0.4, -0.2) is 38.9 Å². The van der Waals surface area contributed by atoms with Crippen LogP contribution >= 0.6 is 0 Å². The smallest absolute Gasteiger partial charge is 0.368 e. The van der Waals surface area contributed by atoms with Crippen LogP contribution in [0.5, 0.6) is 0 Å². The van der Waals surface area contributed by atoms with Crippen LogP contribution in [-0.2, 0) is 6.18 Å². The van der Waals surface area contributed by atoms with Crippen molar-refractivity contribution in [2.45, 2.75) is 20.0 Å². The van der Waals surface area contributed by atoms with Crippen molar-refractivity contribution in [3.63, 3.8) is 0 Å². The van der Waals surface area contributed by atoms with E-state index in [1.165, 1.54) is 0 Å². The van der Waals surface area contributed by atoms with E-state index < -0.39 is 23.3 Å². The van der Waals surface area contributed by atoms with E-state index in [4.69, 9.17) is 11.5 Å². The molecule has 168 valence electrons. The zero-order valence-electron chi connectivity index (χ0n) is 17.3. The Kier molecular flexibility index (Phi) is 6.42. The van der Waals surface area contributed by atoms with Gasteiger partial charge in [-0.05, 0) is 25.0 Å². The average Bonchev–Trinajstić information content (AvgIpc) is 2.72. The Bertz CT molecular complexity index is 1150. The molecular formula is C20H21F3N8O. The fourth-order valence-electron chi connectivity index (χ4n) is 2.95. The number of nitrogens with one attached hydrogen (secondary N) is 2. The first kappa shape index (κ1) is 22.7. The van der Waals surface area contributed by atoms with Crippen LogP contribution in [0.1, 0.15) is 27.2 Å². The number of hydrogen-bond donors (Lipinski definition) is 4. The minimum atomic E-state index is -4.84. The maximum absolute atomic E-state index is 13.1. The molecule has 0 atom stereocenters. The van der Waals surface area contributed by atoms with Crippen molar-refractivity contribution in [2.75, 3.05) is 29.5 Å². The number of anilines is 3. The number of nitrogens with two attached hydrogens (primary N) is 2. The minimum Gasteiger partial charge on any atom is -0.368 e. The largest absolute Gasteiger partial charge is 0.434 e. The number of hydrogen-bond acceptors (Lipinski definition) is 8. The average molecular weight is 446 g/mol. The third-order valence-electron chi connectivity index (χ3n) is 4.66. The number of amides is 1. The summed E-state index contributed by atoms with van der Waals surface area (Å²) in [5.41, 5.74) is 12.3. The normalized spacial score (nSPS) is 11.3. The number of nitrogens with zero attached hydrogens (tertiary/aromatic N) is 4. The summed E-state index contributed by atoms with van der Waals surface area (Å²) in [7, 11) is 0. The predicted octanol–water partition coefficient (Wildman–Crippen LogP) is 2.77. The summed E-state index contributed by atoms with van der Waals surface area (Å²) in [6.07, 6.45) is -4.10.